The van der Waals surface area contributed by atoms with Gasteiger partial charge < -0.3 is 20.4 Å². The largest absolute Gasteiger partial charge is 0.469 e. The zero-order chi connectivity index (χ0) is 20.3. The minimum absolute atomic E-state index is 0.0933. The second-order valence-corrected chi connectivity index (χ2v) is 6.59. The van der Waals surface area contributed by atoms with Crippen molar-refractivity contribution >= 4 is 52.2 Å². The van der Waals surface area contributed by atoms with E-state index in [2.05, 4.69) is 16.0 Å². The number of nitrogens with one attached hydrogen (secondary N) is 3. The lowest BCUT2D eigenvalue weighted by Gasteiger charge is -2.11. The van der Waals surface area contributed by atoms with Crippen LogP contribution in [0.15, 0.2) is 53.1 Å². The maximum absolute atomic E-state index is 14.1. The summed E-state index contributed by atoms with van der Waals surface area (Å²) in [5.74, 6) is -0.777. The summed E-state index contributed by atoms with van der Waals surface area (Å²) in [7, 11) is 0. The van der Waals surface area contributed by atoms with Gasteiger partial charge in [-0.25, -0.2) is 9.18 Å². The Hall–Kier alpha value is -3.03. The molecule has 0 bridgehead atoms. The van der Waals surface area contributed by atoms with Crippen molar-refractivity contribution < 1.29 is 18.4 Å². The Balaban J connectivity index is 1.72. The molecular weight excluding hydrogens is 408 g/mol. The van der Waals surface area contributed by atoms with Gasteiger partial charge in [0, 0.05) is 10.7 Å². The molecule has 1 heterocycles. The van der Waals surface area contributed by atoms with Crippen LogP contribution in [0.4, 0.5) is 26.2 Å². The van der Waals surface area contributed by atoms with Crippen LogP contribution in [0.3, 0.4) is 0 Å². The first-order valence-corrected chi connectivity index (χ1v) is 8.77. The molecular formula is C19H14Cl2FN3O3. The standard InChI is InChI=1S/C19H14Cl2FN3O3/c1-10-13(6-7-28-10)18(26)24-17-9-12(3-5-15(17)22)23-19(27)25-16-8-11(20)2-4-14(16)21/h2-9H,1H3,(H,24,26)(H2,23,25,27). The van der Waals surface area contributed by atoms with Crippen molar-refractivity contribution in [3.8, 4) is 0 Å². The van der Waals surface area contributed by atoms with Crippen LogP contribution in [0.5, 0.6) is 0 Å². The van der Waals surface area contributed by atoms with Gasteiger partial charge in [0.05, 0.1) is 28.2 Å². The quantitative estimate of drug-likeness (QED) is 0.487. The molecule has 3 aromatic rings. The first-order chi connectivity index (χ1) is 13.3. The molecule has 0 fully saturated rings. The molecule has 28 heavy (non-hydrogen) atoms. The number of hydrogen-bond donors (Lipinski definition) is 3. The SMILES string of the molecule is Cc1occc1C(=O)Nc1cc(NC(=O)Nc2cc(Cl)ccc2Cl)ccc1F. The molecule has 0 spiro atoms. The molecule has 6 nitrogen and oxygen atoms in total. The molecule has 0 aliphatic rings. The lowest BCUT2D eigenvalue weighted by Crippen LogP contribution is -2.20. The Morgan fingerprint density at radius 3 is 2.46 bits per heavy atom. The van der Waals surface area contributed by atoms with E-state index in [9.17, 15) is 14.0 Å². The van der Waals surface area contributed by atoms with E-state index in [0.29, 0.717) is 21.5 Å². The van der Waals surface area contributed by atoms with Crippen molar-refractivity contribution in [3.05, 3.63) is 75.9 Å². The van der Waals surface area contributed by atoms with Gasteiger partial charge in [-0.15, -0.1) is 0 Å². The van der Waals surface area contributed by atoms with E-state index in [1.165, 1.54) is 30.5 Å². The number of hydrogen-bond acceptors (Lipinski definition) is 3. The molecule has 0 saturated heterocycles. The van der Waals surface area contributed by atoms with Gasteiger partial charge in [-0.1, -0.05) is 23.2 Å². The first kappa shape index (κ1) is 19.7. The maximum Gasteiger partial charge on any atom is 0.323 e. The summed E-state index contributed by atoms with van der Waals surface area (Å²) in [5, 5.41) is 8.24. The minimum Gasteiger partial charge on any atom is -0.469 e. The summed E-state index contributed by atoms with van der Waals surface area (Å²) in [6.07, 6.45) is 1.36. The van der Waals surface area contributed by atoms with Gasteiger partial charge in [-0.05, 0) is 49.4 Å². The lowest BCUT2D eigenvalue weighted by molar-refractivity contribution is 0.102. The fraction of sp³-hybridized carbons (Fsp3) is 0.0526. The van der Waals surface area contributed by atoms with E-state index < -0.39 is 17.8 Å². The van der Waals surface area contributed by atoms with Crippen molar-refractivity contribution in [2.75, 3.05) is 16.0 Å². The number of carbonyl (C=O) groups is 2. The Labute approximate surface area is 169 Å². The van der Waals surface area contributed by atoms with Crippen molar-refractivity contribution in [1.82, 2.24) is 0 Å². The number of furan rings is 1. The highest BCUT2D eigenvalue weighted by Gasteiger charge is 2.15. The first-order valence-electron chi connectivity index (χ1n) is 8.01. The number of amides is 3. The number of halogens is 3. The summed E-state index contributed by atoms with van der Waals surface area (Å²) in [4.78, 5) is 24.4. The van der Waals surface area contributed by atoms with Crippen molar-refractivity contribution in [2.45, 2.75) is 6.92 Å². The van der Waals surface area contributed by atoms with Gasteiger partial charge >= 0.3 is 6.03 Å². The number of aryl methyl sites for hydroxylation is 1. The van der Waals surface area contributed by atoms with E-state index in [0.717, 1.165) is 6.07 Å². The van der Waals surface area contributed by atoms with Crippen LogP contribution in [-0.4, -0.2) is 11.9 Å². The van der Waals surface area contributed by atoms with E-state index in [1.54, 1.807) is 19.1 Å². The normalized spacial score (nSPS) is 10.4. The van der Waals surface area contributed by atoms with E-state index in [1.807, 2.05) is 0 Å². The summed E-state index contributed by atoms with van der Waals surface area (Å²) in [6.45, 7) is 1.62. The molecule has 0 radical (unpaired) electrons. The van der Waals surface area contributed by atoms with E-state index in [-0.39, 0.29) is 16.9 Å². The van der Waals surface area contributed by atoms with Crippen LogP contribution < -0.4 is 16.0 Å². The van der Waals surface area contributed by atoms with Gasteiger partial charge in [0.1, 0.15) is 11.6 Å². The highest BCUT2D eigenvalue weighted by Crippen LogP contribution is 2.26. The van der Waals surface area contributed by atoms with Crippen LogP contribution in [0.1, 0.15) is 16.1 Å². The second kappa shape index (κ2) is 8.33. The molecule has 0 saturated carbocycles. The molecule has 2 aromatic carbocycles. The second-order valence-electron chi connectivity index (χ2n) is 5.74. The van der Waals surface area contributed by atoms with Gasteiger partial charge in [0.15, 0.2) is 0 Å². The smallest absolute Gasteiger partial charge is 0.323 e. The summed E-state index contributed by atoms with van der Waals surface area (Å²) < 4.78 is 19.1. The van der Waals surface area contributed by atoms with Gasteiger partial charge in [-0.2, -0.15) is 0 Å². The van der Waals surface area contributed by atoms with Gasteiger partial charge in [0.2, 0.25) is 0 Å². The summed E-state index contributed by atoms with van der Waals surface area (Å²) in [5.41, 5.74) is 0.768. The Kier molecular flexibility index (Phi) is 5.87. The predicted octanol–water partition coefficient (Wildman–Crippen LogP) is 5.93. The lowest BCUT2D eigenvalue weighted by atomic mass is 10.2. The van der Waals surface area contributed by atoms with Crippen molar-refractivity contribution in [3.63, 3.8) is 0 Å². The van der Waals surface area contributed by atoms with Crippen LogP contribution in [0, 0.1) is 12.7 Å². The van der Waals surface area contributed by atoms with Crippen molar-refractivity contribution in [2.24, 2.45) is 0 Å². The number of carbonyl (C=O) groups excluding carboxylic acids is 2. The van der Waals surface area contributed by atoms with Crippen LogP contribution in [-0.2, 0) is 0 Å². The number of urea groups is 1. The zero-order valence-electron chi connectivity index (χ0n) is 14.5. The molecule has 9 heteroatoms. The van der Waals surface area contributed by atoms with Gasteiger partial charge in [0.25, 0.3) is 5.91 Å². The van der Waals surface area contributed by atoms with Crippen molar-refractivity contribution in [1.29, 1.82) is 0 Å². The van der Waals surface area contributed by atoms with Crippen LogP contribution >= 0.6 is 23.2 Å². The average molecular weight is 422 g/mol. The topological polar surface area (TPSA) is 83.4 Å². The fourth-order valence-electron chi connectivity index (χ4n) is 2.39. The Bertz CT molecular complexity index is 1050. The maximum atomic E-state index is 14.1. The number of rotatable bonds is 4. The van der Waals surface area contributed by atoms with Gasteiger partial charge in [-0.3, -0.25) is 4.79 Å². The predicted molar refractivity (Wildman–Crippen MR) is 107 cm³/mol. The molecule has 0 unspecified atom stereocenters. The molecule has 144 valence electrons. The third-order valence-electron chi connectivity index (χ3n) is 3.75. The third-order valence-corrected chi connectivity index (χ3v) is 4.32. The molecule has 0 atom stereocenters. The summed E-state index contributed by atoms with van der Waals surface area (Å²) >= 11 is 11.9. The number of anilines is 3. The highest BCUT2D eigenvalue weighted by atomic mass is 35.5. The van der Waals surface area contributed by atoms with E-state index >= 15 is 0 Å². The molecule has 0 aliphatic heterocycles. The Morgan fingerprint density at radius 1 is 0.964 bits per heavy atom. The number of benzene rings is 2. The Morgan fingerprint density at radius 2 is 1.75 bits per heavy atom. The summed E-state index contributed by atoms with van der Waals surface area (Å²) in [6, 6.07) is 9.26. The molecule has 3 N–H and O–H groups in total. The third kappa shape index (κ3) is 4.62. The average Bonchev–Trinajstić information content (AvgIpc) is 3.07. The van der Waals surface area contributed by atoms with Crippen LogP contribution in [0.25, 0.3) is 0 Å². The molecule has 0 aliphatic carbocycles. The molecule has 3 amide bonds. The van der Waals surface area contributed by atoms with E-state index in [4.69, 9.17) is 27.6 Å². The fourth-order valence-corrected chi connectivity index (χ4v) is 2.72. The zero-order valence-corrected chi connectivity index (χ0v) is 16.0. The molecule has 1 aromatic heterocycles. The highest BCUT2D eigenvalue weighted by molar-refractivity contribution is 6.35. The monoisotopic (exact) mass is 421 g/mol. The van der Waals surface area contributed by atoms with Crippen LogP contribution in [0.2, 0.25) is 10.0 Å². The molecule has 3 rings (SSSR count). The minimum atomic E-state index is -0.654.